The molecule has 0 aliphatic carbocycles. The van der Waals surface area contributed by atoms with Crippen LogP contribution in [0.15, 0.2) is 18.2 Å². The van der Waals surface area contributed by atoms with Gasteiger partial charge in [0.25, 0.3) is 5.91 Å². The number of hydrogen-bond acceptors (Lipinski definition) is 2. The molecule has 0 saturated heterocycles. The van der Waals surface area contributed by atoms with Crippen molar-refractivity contribution in [3.05, 3.63) is 34.6 Å². The number of rotatable bonds is 6. The zero-order valence-corrected chi connectivity index (χ0v) is 11.4. The maximum Gasteiger partial charge on any atom is 0.254 e. The van der Waals surface area contributed by atoms with Crippen molar-refractivity contribution in [2.24, 2.45) is 0 Å². The van der Waals surface area contributed by atoms with E-state index in [1.54, 1.807) is 0 Å². The zero-order valence-electron chi connectivity index (χ0n) is 9.88. The molecule has 0 aliphatic rings. The molecule has 100 valence electrons. The van der Waals surface area contributed by atoms with Crippen LogP contribution in [0.3, 0.4) is 0 Å². The Bertz CT molecular complexity index is 409. The molecule has 0 aliphatic heterocycles. The van der Waals surface area contributed by atoms with Gasteiger partial charge in [0.15, 0.2) is 0 Å². The van der Waals surface area contributed by atoms with E-state index in [0.29, 0.717) is 23.9 Å². The van der Waals surface area contributed by atoms with Crippen LogP contribution < -0.4 is 5.32 Å². The highest BCUT2D eigenvalue weighted by molar-refractivity contribution is 6.31. The van der Waals surface area contributed by atoms with Crippen LogP contribution in [0.5, 0.6) is 0 Å². The predicted molar refractivity (Wildman–Crippen MR) is 69.9 cm³/mol. The summed E-state index contributed by atoms with van der Waals surface area (Å²) in [5, 5.41) is 2.96. The van der Waals surface area contributed by atoms with E-state index in [2.05, 4.69) is 5.32 Å². The van der Waals surface area contributed by atoms with Gasteiger partial charge >= 0.3 is 0 Å². The molecule has 1 rings (SSSR count). The third-order valence-corrected chi connectivity index (χ3v) is 2.79. The molecule has 18 heavy (non-hydrogen) atoms. The smallest absolute Gasteiger partial charge is 0.254 e. The van der Waals surface area contributed by atoms with Crippen LogP contribution in [-0.4, -0.2) is 31.5 Å². The van der Waals surface area contributed by atoms with Crippen LogP contribution in [0.25, 0.3) is 0 Å². The van der Waals surface area contributed by atoms with Gasteiger partial charge in [-0.25, -0.2) is 4.39 Å². The number of methoxy groups -OCH3 is 1. The average molecular weight is 294 g/mol. The number of amides is 1. The molecule has 0 spiro atoms. The lowest BCUT2D eigenvalue weighted by Crippen LogP contribution is -2.38. The van der Waals surface area contributed by atoms with Crippen LogP contribution in [-0.2, 0) is 4.74 Å². The summed E-state index contributed by atoms with van der Waals surface area (Å²) in [5.41, 5.74) is -0.0850. The molecule has 6 heteroatoms. The van der Waals surface area contributed by atoms with Gasteiger partial charge < -0.3 is 10.1 Å². The Kier molecular flexibility index (Phi) is 6.39. The summed E-state index contributed by atoms with van der Waals surface area (Å²) in [4.78, 5) is 11.9. The van der Waals surface area contributed by atoms with Crippen molar-refractivity contribution in [1.82, 2.24) is 5.32 Å². The molecule has 0 radical (unpaired) electrons. The number of ether oxygens (including phenoxy) is 1. The second-order valence-electron chi connectivity index (χ2n) is 3.73. The molecular weight excluding hydrogens is 280 g/mol. The molecular formula is C12H14Cl2FNO2. The first-order valence-corrected chi connectivity index (χ1v) is 6.30. The third kappa shape index (κ3) is 4.44. The SMILES string of the molecule is COCC(CCCl)NC(=O)c1cc(Cl)ccc1F. The van der Waals surface area contributed by atoms with Crippen LogP contribution >= 0.6 is 23.2 Å². The van der Waals surface area contributed by atoms with Crippen molar-refractivity contribution < 1.29 is 13.9 Å². The molecule has 0 heterocycles. The van der Waals surface area contributed by atoms with Gasteiger partial charge in [-0.15, -0.1) is 11.6 Å². The van der Waals surface area contributed by atoms with Gasteiger partial charge in [-0.05, 0) is 24.6 Å². The Morgan fingerprint density at radius 2 is 2.28 bits per heavy atom. The molecule has 1 atom stereocenters. The molecule has 1 N–H and O–H groups in total. The molecule has 0 bridgehead atoms. The second kappa shape index (κ2) is 7.56. The van der Waals surface area contributed by atoms with Gasteiger partial charge in [0.1, 0.15) is 5.82 Å². The van der Waals surface area contributed by atoms with Crippen LogP contribution in [0.4, 0.5) is 4.39 Å². The Balaban J connectivity index is 2.76. The molecule has 1 unspecified atom stereocenters. The van der Waals surface area contributed by atoms with Crippen molar-refractivity contribution in [2.45, 2.75) is 12.5 Å². The van der Waals surface area contributed by atoms with Gasteiger partial charge in [-0.2, -0.15) is 0 Å². The van der Waals surface area contributed by atoms with Crippen molar-refractivity contribution in [1.29, 1.82) is 0 Å². The van der Waals surface area contributed by atoms with Crippen molar-refractivity contribution in [2.75, 3.05) is 19.6 Å². The lowest BCUT2D eigenvalue weighted by Gasteiger charge is -2.17. The van der Waals surface area contributed by atoms with E-state index in [4.69, 9.17) is 27.9 Å². The van der Waals surface area contributed by atoms with E-state index >= 15 is 0 Å². The molecule has 1 aromatic rings. The molecule has 3 nitrogen and oxygen atoms in total. The topological polar surface area (TPSA) is 38.3 Å². The van der Waals surface area contributed by atoms with Crippen molar-refractivity contribution in [3.8, 4) is 0 Å². The maximum atomic E-state index is 13.5. The van der Waals surface area contributed by atoms with Gasteiger partial charge in [0, 0.05) is 18.0 Å². The Morgan fingerprint density at radius 3 is 2.89 bits per heavy atom. The number of hydrogen-bond donors (Lipinski definition) is 1. The number of halogens is 3. The summed E-state index contributed by atoms with van der Waals surface area (Å²) in [6.07, 6.45) is 0.545. The first kappa shape index (κ1) is 15.2. The molecule has 0 saturated carbocycles. The zero-order chi connectivity index (χ0) is 13.5. The molecule has 0 aromatic heterocycles. The highest BCUT2D eigenvalue weighted by Gasteiger charge is 2.16. The minimum atomic E-state index is -0.612. The Labute approximate surface area is 115 Å². The maximum absolute atomic E-state index is 13.5. The predicted octanol–water partition coefficient (Wildman–Crippen LogP) is 2.85. The fourth-order valence-electron chi connectivity index (χ4n) is 1.46. The normalized spacial score (nSPS) is 12.2. The molecule has 1 aromatic carbocycles. The summed E-state index contributed by atoms with van der Waals surface area (Å²) >= 11 is 11.3. The highest BCUT2D eigenvalue weighted by Crippen LogP contribution is 2.15. The second-order valence-corrected chi connectivity index (χ2v) is 4.54. The summed E-state index contributed by atoms with van der Waals surface area (Å²) in [6.45, 7) is 0.320. The lowest BCUT2D eigenvalue weighted by molar-refractivity contribution is 0.0891. The lowest BCUT2D eigenvalue weighted by atomic mass is 10.1. The van der Waals surface area contributed by atoms with Gasteiger partial charge in [0.2, 0.25) is 0 Å². The fourth-order valence-corrected chi connectivity index (χ4v) is 1.90. The number of alkyl halides is 1. The van der Waals surface area contributed by atoms with Gasteiger partial charge in [0.05, 0.1) is 18.2 Å². The summed E-state index contributed by atoms with van der Waals surface area (Å²) < 4.78 is 18.4. The van der Waals surface area contributed by atoms with Crippen molar-refractivity contribution >= 4 is 29.1 Å². The van der Waals surface area contributed by atoms with E-state index < -0.39 is 11.7 Å². The quantitative estimate of drug-likeness (QED) is 0.819. The van der Waals surface area contributed by atoms with E-state index in [1.807, 2.05) is 0 Å². The largest absolute Gasteiger partial charge is 0.383 e. The molecule has 0 fully saturated rings. The minimum absolute atomic E-state index is 0.0850. The summed E-state index contributed by atoms with van der Waals surface area (Å²) in [5.74, 6) is -0.757. The first-order valence-electron chi connectivity index (χ1n) is 5.39. The molecule has 1 amide bonds. The van der Waals surface area contributed by atoms with Crippen LogP contribution in [0, 0.1) is 5.82 Å². The number of carbonyl (C=O) groups is 1. The first-order chi connectivity index (χ1) is 8.58. The number of benzene rings is 1. The van der Waals surface area contributed by atoms with Crippen LogP contribution in [0.2, 0.25) is 5.02 Å². The Hall–Kier alpha value is -0.840. The summed E-state index contributed by atoms with van der Waals surface area (Å²) in [7, 11) is 1.52. The van der Waals surface area contributed by atoms with E-state index in [9.17, 15) is 9.18 Å². The monoisotopic (exact) mass is 293 g/mol. The van der Waals surface area contributed by atoms with E-state index in [-0.39, 0.29) is 11.6 Å². The standard InChI is InChI=1S/C12H14Cl2FNO2/c1-18-7-9(4-5-13)16-12(17)10-6-8(14)2-3-11(10)15/h2-3,6,9H,4-5,7H2,1H3,(H,16,17). The minimum Gasteiger partial charge on any atom is -0.383 e. The highest BCUT2D eigenvalue weighted by atomic mass is 35.5. The van der Waals surface area contributed by atoms with Crippen LogP contribution in [0.1, 0.15) is 16.8 Å². The Morgan fingerprint density at radius 1 is 1.56 bits per heavy atom. The number of carbonyl (C=O) groups excluding carboxylic acids is 1. The number of nitrogens with one attached hydrogen (secondary N) is 1. The van der Waals surface area contributed by atoms with E-state index in [1.165, 1.54) is 19.2 Å². The fraction of sp³-hybridized carbons (Fsp3) is 0.417. The average Bonchev–Trinajstić information content (AvgIpc) is 2.33. The van der Waals surface area contributed by atoms with E-state index in [0.717, 1.165) is 6.07 Å². The van der Waals surface area contributed by atoms with Crippen molar-refractivity contribution in [3.63, 3.8) is 0 Å². The van der Waals surface area contributed by atoms with Gasteiger partial charge in [-0.1, -0.05) is 11.6 Å². The third-order valence-electron chi connectivity index (χ3n) is 2.33. The summed E-state index contributed by atoms with van der Waals surface area (Å²) in [6, 6.07) is 3.58. The van der Waals surface area contributed by atoms with Gasteiger partial charge in [-0.3, -0.25) is 4.79 Å².